The topological polar surface area (TPSA) is 0 Å². The van der Waals surface area contributed by atoms with Crippen LogP contribution in [0.1, 0.15) is 47.5 Å². The van der Waals surface area contributed by atoms with E-state index in [9.17, 15) is 0 Å². The molecule has 1 aliphatic carbocycles. The van der Waals surface area contributed by atoms with Crippen molar-refractivity contribution in [1.29, 1.82) is 0 Å². The lowest BCUT2D eigenvalue weighted by molar-refractivity contribution is -0.0735. The summed E-state index contributed by atoms with van der Waals surface area (Å²) in [5.74, 6) is 0.844. The van der Waals surface area contributed by atoms with Crippen molar-refractivity contribution in [3.05, 3.63) is 0 Å². The molecule has 0 aromatic carbocycles. The van der Waals surface area contributed by atoms with Gasteiger partial charge in [0, 0.05) is 0 Å². The zero-order chi connectivity index (χ0) is 7.99. The SMILES string of the molecule is CC(C)C1(C)CCC1(C)C. The molecule has 0 aromatic heterocycles. The molecule has 1 unspecified atom stereocenters. The van der Waals surface area contributed by atoms with Gasteiger partial charge in [-0.15, -0.1) is 0 Å². The Hall–Kier alpha value is 0. The smallest absolute Gasteiger partial charge is 0.0251 e. The molecular weight excluding hydrogens is 120 g/mol. The molecule has 0 aromatic rings. The molecule has 10 heavy (non-hydrogen) atoms. The van der Waals surface area contributed by atoms with E-state index < -0.39 is 0 Å². The first-order valence-electron chi connectivity index (χ1n) is 4.40. The van der Waals surface area contributed by atoms with Gasteiger partial charge in [0.2, 0.25) is 0 Å². The fraction of sp³-hybridized carbons (Fsp3) is 1.00. The minimum Gasteiger partial charge on any atom is -0.0622 e. The van der Waals surface area contributed by atoms with E-state index in [0.29, 0.717) is 10.8 Å². The van der Waals surface area contributed by atoms with Gasteiger partial charge in [-0.3, -0.25) is 0 Å². The normalized spacial score (nSPS) is 37.8. The van der Waals surface area contributed by atoms with Crippen molar-refractivity contribution in [2.24, 2.45) is 16.7 Å². The average Bonchev–Trinajstić information content (AvgIpc) is 1.83. The van der Waals surface area contributed by atoms with Gasteiger partial charge < -0.3 is 0 Å². The molecule has 0 radical (unpaired) electrons. The first-order chi connectivity index (χ1) is 4.40. The van der Waals surface area contributed by atoms with Crippen LogP contribution in [0.4, 0.5) is 0 Å². The van der Waals surface area contributed by atoms with Crippen molar-refractivity contribution < 1.29 is 0 Å². The van der Waals surface area contributed by atoms with Gasteiger partial charge in [-0.1, -0.05) is 34.6 Å². The maximum Gasteiger partial charge on any atom is -0.0251 e. The standard InChI is InChI=1S/C10H20/c1-8(2)10(5)7-6-9(10,3)4/h8H,6-7H2,1-5H3. The fourth-order valence-corrected chi connectivity index (χ4v) is 2.09. The number of rotatable bonds is 1. The van der Waals surface area contributed by atoms with Crippen LogP contribution < -0.4 is 0 Å². The van der Waals surface area contributed by atoms with Crippen LogP contribution in [0.25, 0.3) is 0 Å². The second kappa shape index (κ2) is 1.99. The third-order valence-electron chi connectivity index (χ3n) is 4.09. The van der Waals surface area contributed by atoms with E-state index in [1.165, 1.54) is 12.8 Å². The molecule has 0 amide bonds. The number of hydrogen-bond acceptors (Lipinski definition) is 0. The Morgan fingerprint density at radius 1 is 1.00 bits per heavy atom. The molecule has 1 rings (SSSR count). The highest BCUT2D eigenvalue weighted by Gasteiger charge is 2.50. The molecule has 0 nitrogen and oxygen atoms in total. The van der Waals surface area contributed by atoms with Gasteiger partial charge in [-0.05, 0) is 29.6 Å². The summed E-state index contributed by atoms with van der Waals surface area (Å²) in [5.41, 5.74) is 1.22. The third kappa shape index (κ3) is 0.810. The third-order valence-corrected chi connectivity index (χ3v) is 4.09. The molecule has 0 bridgehead atoms. The lowest BCUT2D eigenvalue weighted by Gasteiger charge is -2.57. The summed E-state index contributed by atoms with van der Waals surface area (Å²) in [6, 6.07) is 0. The monoisotopic (exact) mass is 140 g/mol. The zero-order valence-corrected chi connectivity index (χ0v) is 7.99. The summed E-state index contributed by atoms with van der Waals surface area (Å²) in [6.07, 6.45) is 2.85. The molecule has 60 valence electrons. The predicted octanol–water partition coefficient (Wildman–Crippen LogP) is 3.47. The van der Waals surface area contributed by atoms with E-state index in [1.807, 2.05) is 0 Å². The van der Waals surface area contributed by atoms with Gasteiger partial charge >= 0.3 is 0 Å². The minimum atomic E-state index is 0.598. The Morgan fingerprint density at radius 2 is 1.50 bits per heavy atom. The molecule has 0 heterocycles. The first-order valence-corrected chi connectivity index (χ1v) is 4.40. The van der Waals surface area contributed by atoms with Gasteiger partial charge in [0.1, 0.15) is 0 Å². The van der Waals surface area contributed by atoms with Gasteiger partial charge in [0.05, 0.1) is 0 Å². The quantitative estimate of drug-likeness (QED) is 0.523. The van der Waals surface area contributed by atoms with Crippen LogP contribution in [0.2, 0.25) is 0 Å². The molecular formula is C10H20. The lowest BCUT2D eigenvalue weighted by atomic mass is 9.48. The van der Waals surface area contributed by atoms with Crippen molar-refractivity contribution in [2.75, 3.05) is 0 Å². The van der Waals surface area contributed by atoms with Gasteiger partial charge in [0.15, 0.2) is 0 Å². The van der Waals surface area contributed by atoms with Crippen LogP contribution in [0, 0.1) is 16.7 Å². The van der Waals surface area contributed by atoms with E-state index in [2.05, 4.69) is 34.6 Å². The molecule has 1 fully saturated rings. The number of hydrogen-bond donors (Lipinski definition) is 0. The van der Waals surface area contributed by atoms with E-state index in [-0.39, 0.29) is 0 Å². The predicted molar refractivity (Wildman–Crippen MR) is 46.0 cm³/mol. The van der Waals surface area contributed by atoms with Crippen LogP contribution in [-0.2, 0) is 0 Å². The minimum absolute atomic E-state index is 0.598. The highest BCUT2D eigenvalue weighted by atomic mass is 14.5. The Labute approximate surface area is 65.0 Å². The Balaban J connectivity index is 2.71. The van der Waals surface area contributed by atoms with Gasteiger partial charge in [0.25, 0.3) is 0 Å². The maximum absolute atomic E-state index is 2.43. The summed E-state index contributed by atoms with van der Waals surface area (Å²) >= 11 is 0. The summed E-state index contributed by atoms with van der Waals surface area (Å²) in [7, 11) is 0. The Morgan fingerprint density at radius 3 is 1.50 bits per heavy atom. The summed E-state index contributed by atoms with van der Waals surface area (Å²) in [5, 5.41) is 0. The maximum atomic E-state index is 2.43. The van der Waals surface area contributed by atoms with Crippen molar-refractivity contribution >= 4 is 0 Å². The van der Waals surface area contributed by atoms with Crippen LogP contribution in [0.5, 0.6) is 0 Å². The molecule has 0 N–H and O–H groups in total. The average molecular weight is 140 g/mol. The highest BCUT2D eigenvalue weighted by Crippen LogP contribution is 2.59. The molecule has 1 aliphatic rings. The first kappa shape index (κ1) is 8.10. The van der Waals surface area contributed by atoms with E-state index in [0.717, 1.165) is 5.92 Å². The van der Waals surface area contributed by atoms with Gasteiger partial charge in [-0.25, -0.2) is 0 Å². The highest BCUT2D eigenvalue weighted by molar-refractivity contribution is 5.00. The largest absolute Gasteiger partial charge is 0.0622 e. The van der Waals surface area contributed by atoms with E-state index >= 15 is 0 Å². The molecule has 0 spiro atoms. The molecule has 1 atom stereocenters. The second-order valence-corrected chi connectivity index (χ2v) is 4.96. The van der Waals surface area contributed by atoms with Crippen LogP contribution in [0.15, 0.2) is 0 Å². The molecule has 1 saturated carbocycles. The molecule has 0 aliphatic heterocycles. The summed E-state index contributed by atoms with van der Waals surface area (Å²) in [4.78, 5) is 0. The lowest BCUT2D eigenvalue weighted by Crippen LogP contribution is -2.48. The summed E-state index contributed by atoms with van der Waals surface area (Å²) < 4.78 is 0. The summed E-state index contributed by atoms with van der Waals surface area (Å²) in [6.45, 7) is 11.9. The zero-order valence-electron chi connectivity index (χ0n) is 7.99. The second-order valence-electron chi connectivity index (χ2n) is 4.96. The fourth-order valence-electron chi connectivity index (χ4n) is 2.09. The van der Waals surface area contributed by atoms with Crippen LogP contribution >= 0.6 is 0 Å². The van der Waals surface area contributed by atoms with Crippen molar-refractivity contribution in [1.82, 2.24) is 0 Å². The van der Waals surface area contributed by atoms with E-state index in [1.54, 1.807) is 0 Å². The Kier molecular flexibility index (Phi) is 1.61. The Bertz CT molecular complexity index is 133. The van der Waals surface area contributed by atoms with Crippen molar-refractivity contribution in [3.63, 3.8) is 0 Å². The van der Waals surface area contributed by atoms with Crippen molar-refractivity contribution in [2.45, 2.75) is 47.5 Å². The van der Waals surface area contributed by atoms with Crippen LogP contribution in [-0.4, -0.2) is 0 Å². The van der Waals surface area contributed by atoms with Crippen molar-refractivity contribution in [3.8, 4) is 0 Å². The van der Waals surface area contributed by atoms with Gasteiger partial charge in [-0.2, -0.15) is 0 Å². The molecule has 0 saturated heterocycles. The molecule has 0 heteroatoms. The van der Waals surface area contributed by atoms with Crippen LogP contribution in [0.3, 0.4) is 0 Å². The van der Waals surface area contributed by atoms with E-state index in [4.69, 9.17) is 0 Å².